The monoisotopic (exact) mass is 269 g/mol. The molecule has 1 heterocycles. The Bertz CT molecular complexity index is 621. The lowest BCUT2D eigenvalue weighted by molar-refractivity contribution is 0.407. The van der Waals surface area contributed by atoms with Gasteiger partial charge in [-0.15, -0.1) is 0 Å². The Morgan fingerprint density at radius 2 is 2.20 bits per heavy atom. The van der Waals surface area contributed by atoms with E-state index in [1.807, 2.05) is 42.8 Å². The van der Waals surface area contributed by atoms with E-state index >= 15 is 0 Å². The molecule has 0 aliphatic heterocycles. The molecule has 5 heteroatoms. The second-order valence-electron chi connectivity index (χ2n) is 5.56. The highest BCUT2D eigenvalue weighted by Crippen LogP contribution is 2.21. The average Bonchev–Trinajstić information content (AvgIpc) is 2.87. The van der Waals surface area contributed by atoms with Gasteiger partial charge in [-0.25, -0.2) is 4.98 Å². The number of rotatable bonds is 5. The average molecular weight is 269 g/mol. The Labute approximate surface area is 119 Å². The van der Waals surface area contributed by atoms with Crippen molar-refractivity contribution in [2.24, 2.45) is 5.41 Å². The summed E-state index contributed by atoms with van der Waals surface area (Å²) >= 11 is 0. The summed E-state index contributed by atoms with van der Waals surface area (Å²) in [7, 11) is 0. The van der Waals surface area contributed by atoms with Gasteiger partial charge < -0.3 is 5.73 Å². The van der Waals surface area contributed by atoms with Crippen molar-refractivity contribution < 1.29 is 0 Å². The molecule has 0 fully saturated rings. The SMILES string of the molecule is CC(C)(C#N)CCCn1cnc(-c2cccc(N)c2)n1. The number of aromatic nitrogens is 3. The highest BCUT2D eigenvalue weighted by Gasteiger charge is 2.15. The van der Waals surface area contributed by atoms with E-state index in [-0.39, 0.29) is 5.41 Å². The third-order valence-electron chi connectivity index (χ3n) is 3.17. The van der Waals surface area contributed by atoms with Crippen LogP contribution in [0.2, 0.25) is 0 Å². The molecule has 1 aromatic carbocycles. The molecule has 2 aromatic rings. The Kier molecular flexibility index (Phi) is 4.04. The van der Waals surface area contributed by atoms with E-state index in [4.69, 9.17) is 11.0 Å². The molecule has 2 rings (SSSR count). The fourth-order valence-electron chi connectivity index (χ4n) is 1.95. The highest BCUT2D eigenvalue weighted by molar-refractivity contribution is 5.60. The van der Waals surface area contributed by atoms with Crippen LogP contribution in [0.4, 0.5) is 5.69 Å². The van der Waals surface area contributed by atoms with Crippen LogP contribution in [0.5, 0.6) is 0 Å². The van der Waals surface area contributed by atoms with Crippen LogP contribution in [0.15, 0.2) is 30.6 Å². The van der Waals surface area contributed by atoms with Crippen molar-refractivity contribution in [3.8, 4) is 17.5 Å². The van der Waals surface area contributed by atoms with Crippen LogP contribution < -0.4 is 5.73 Å². The van der Waals surface area contributed by atoms with E-state index in [9.17, 15) is 0 Å². The molecule has 0 radical (unpaired) electrons. The van der Waals surface area contributed by atoms with Crippen LogP contribution in [-0.4, -0.2) is 14.8 Å². The lowest BCUT2D eigenvalue weighted by Crippen LogP contribution is -2.09. The van der Waals surface area contributed by atoms with Crippen molar-refractivity contribution in [1.82, 2.24) is 14.8 Å². The largest absolute Gasteiger partial charge is 0.399 e. The summed E-state index contributed by atoms with van der Waals surface area (Å²) in [5.74, 6) is 0.678. The van der Waals surface area contributed by atoms with Crippen LogP contribution in [0.1, 0.15) is 26.7 Å². The van der Waals surface area contributed by atoms with Gasteiger partial charge in [0.15, 0.2) is 5.82 Å². The first-order valence-corrected chi connectivity index (χ1v) is 6.67. The molecule has 0 saturated carbocycles. The maximum absolute atomic E-state index is 8.97. The predicted octanol–water partition coefficient (Wildman–Crippen LogP) is 2.86. The van der Waals surface area contributed by atoms with Crippen LogP contribution in [0.25, 0.3) is 11.4 Å². The third kappa shape index (κ3) is 3.58. The Morgan fingerprint density at radius 3 is 2.90 bits per heavy atom. The van der Waals surface area contributed by atoms with E-state index in [1.165, 1.54) is 0 Å². The molecule has 0 unspecified atom stereocenters. The van der Waals surface area contributed by atoms with Gasteiger partial charge in [0, 0.05) is 17.8 Å². The molecule has 0 amide bonds. The highest BCUT2D eigenvalue weighted by atomic mass is 15.3. The van der Waals surface area contributed by atoms with E-state index < -0.39 is 0 Å². The Balaban J connectivity index is 1.98. The van der Waals surface area contributed by atoms with Crippen molar-refractivity contribution in [2.45, 2.75) is 33.2 Å². The molecule has 5 nitrogen and oxygen atoms in total. The standard InChI is InChI=1S/C15H19N5/c1-15(2,10-16)7-4-8-20-11-18-14(19-20)12-5-3-6-13(17)9-12/h3,5-6,9,11H,4,7-8,17H2,1-2H3. The fraction of sp³-hybridized carbons (Fsp3) is 0.400. The number of nitrogen functional groups attached to an aromatic ring is 1. The lowest BCUT2D eigenvalue weighted by Gasteiger charge is -2.13. The zero-order valence-electron chi connectivity index (χ0n) is 11.9. The number of hydrogen-bond acceptors (Lipinski definition) is 4. The number of anilines is 1. The molecule has 20 heavy (non-hydrogen) atoms. The van der Waals surface area contributed by atoms with Crippen molar-refractivity contribution >= 4 is 5.69 Å². The second kappa shape index (κ2) is 5.74. The smallest absolute Gasteiger partial charge is 0.181 e. The van der Waals surface area contributed by atoms with Crippen LogP contribution in [-0.2, 0) is 6.54 Å². The zero-order valence-corrected chi connectivity index (χ0v) is 11.9. The van der Waals surface area contributed by atoms with Crippen molar-refractivity contribution in [3.63, 3.8) is 0 Å². The second-order valence-corrected chi connectivity index (χ2v) is 5.56. The van der Waals surface area contributed by atoms with E-state index in [0.29, 0.717) is 11.5 Å². The Morgan fingerprint density at radius 1 is 1.40 bits per heavy atom. The molecule has 0 saturated heterocycles. The minimum absolute atomic E-state index is 0.280. The summed E-state index contributed by atoms with van der Waals surface area (Å²) in [5, 5.41) is 13.4. The van der Waals surface area contributed by atoms with Gasteiger partial charge in [-0.1, -0.05) is 12.1 Å². The lowest BCUT2D eigenvalue weighted by atomic mass is 9.90. The Hall–Kier alpha value is -2.35. The molecule has 0 atom stereocenters. The third-order valence-corrected chi connectivity index (χ3v) is 3.17. The molecule has 104 valence electrons. The number of nitrogens with two attached hydrogens (primary N) is 1. The van der Waals surface area contributed by atoms with Crippen LogP contribution in [0, 0.1) is 16.7 Å². The maximum Gasteiger partial charge on any atom is 0.181 e. The normalized spacial score (nSPS) is 11.2. The molecule has 1 aromatic heterocycles. The van der Waals surface area contributed by atoms with Crippen molar-refractivity contribution in [3.05, 3.63) is 30.6 Å². The molecule has 0 spiro atoms. The minimum atomic E-state index is -0.280. The molecule has 2 N–H and O–H groups in total. The summed E-state index contributed by atoms with van der Waals surface area (Å²) in [4.78, 5) is 4.29. The quantitative estimate of drug-likeness (QED) is 0.846. The number of nitriles is 1. The molecule has 0 aliphatic rings. The minimum Gasteiger partial charge on any atom is -0.399 e. The van der Waals surface area contributed by atoms with E-state index in [1.54, 1.807) is 6.33 Å². The van der Waals surface area contributed by atoms with E-state index in [0.717, 1.165) is 24.9 Å². The van der Waals surface area contributed by atoms with Gasteiger partial charge in [0.05, 0.1) is 11.5 Å². The van der Waals surface area contributed by atoms with Crippen molar-refractivity contribution in [1.29, 1.82) is 5.26 Å². The molecule has 0 bridgehead atoms. The summed E-state index contributed by atoms with van der Waals surface area (Å²) in [5.41, 5.74) is 7.09. The summed E-state index contributed by atoms with van der Waals surface area (Å²) in [6.07, 6.45) is 3.47. The number of aryl methyl sites for hydroxylation is 1. The number of benzene rings is 1. The number of nitrogens with zero attached hydrogens (tertiary/aromatic N) is 4. The van der Waals surface area contributed by atoms with Gasteiger partial charge in [0.25, 0.3) is 0 Å². The first-order valence-electron chi connectivity index (χ1n) is 6.67. The van der Waals surface area contributed by atoms with E-state index in [2.05, 4.69) is 16.2 Å². The predicted molar refractivity (Wildman–Crippen MR) is 78.5 cm³/mol. The van der Waals surface area contributed by atoms with Gasteiger partial charge in [-0.05, 0) is 38.8 Å². The van der Waals surface area contributed by atoms with Gasteiger partial charge in [0.1, 0.15) is 6.33 Å². The summed E-state index contributed by atoms with van der Waals surface area (Å²) in [6.45, 7) is 4.67. The summed E-state index contributed by atoms with van der Waals surface area (Å²) in [6, 6.07) is 9.83. The summed E-state index contributed by atoms with van der Waals surface area (Å²) < 4.78 is 1.81. The van der Waals surface area contributed by atoms with Crippen LogP contribution >= 0.6 is 0 Å². The molecular weight excluding hydrogens is 250 g/mol. The first-order chi connectivity index (χ1) is 9.50. The van der Waals surface area contributed by atoms with Crippen molar-refractivity contribution in [2.75, 3.05) is 5.73 Å². The zero-order chi connectivity index (χ0) is 14.6. The maximum atomic E-state index is 8.97. The van der Waals surface area contributed by atoms with Crippen LogP contribution in [0.3, 0.4) is 0 Å². The van der Waals surface area contributed by atoms with Gasteiger partial charge >= 0.3 is 0 Å². The molecular formula is C15H19N5. The topological polar surface area (TPSA) is 80.5 Å². The van der Waals surface area contributed by atoms with Gasteiger partial charge in [0.2, 0.25) is 0 Å². The van der Waals surface area contributed by atoms with Gasteiger partial charge in [-0.3, -0.25) is 4.68 Å². The fourth-order valence-corrected chi connectivity index (χ4v) is 1.95. The van der Waals surface area contributed by atoms with Gasteiger partial charge in [-0.2, -0.15) is 10.4 Å². The number of hydrogen-bond donors (Lipinski definition) is 1. The first kappa shape index (κ1) is 14.1. The molecule has 0 aliphatic carbocycles.